The van der Waals surface area contributed by atoms with Crippen molar-refractivity contribution in [1.82, 2.24) is 4.98 Å². The Bertz CT molecular complexity index is 428. The maximum Gasteiger partial charge on any atom is 0.117 e. The Morgan fingerprint density at radius 3 is 1.93 bits per heavy atom. The zero-order chi connectivity index (χ0) is 11.1. The van der Waals surface area contributed by atoms with Gasteiger partial charge in [0, 0.05) is 48.1 Å². The van der Waals surface area contributed by atoms with Gasteiger partial charge in [0.1, 0.15) is 11.4 Å². The summed E-state index contributed by atoms with van der Waals surface area (Å²) in [7, 11) is 2.83. The molecule has 2 N–H and O–H groups in total. The van der Waals surface area contributed by atoms with Gasteiger partial charge < -0.3 is 5.73 Å². The molecule has 0 fully saturated rings. The lowest BCUT2D eigenvalue weighted by Gasteiger charge is -1.95. The Morgan fingerprint density at radius 2 is 1.53 bits per heavy atom. The summed E-state index contributed by atoms with van der Waals surface area (Å²) in [5, 5.41) is 5.71. The summed E-state index contributed by atoms with van der Waals surface area (Å²) >= 11 is 4.21. The molecule has 0 bridgehead atoms. The first-order valence-electron chi connectivity index (χ1n) is 3.61. The van der Waals surface area contributed by atoms with Crippen molar-refractivity contribution in [2.75, 3.05) is 5.73 Å². The van der Waals surface area contributed by atoms with Crippen LogP contribution in [0, 0.1) is 22.3 Å². The van der Waals surface area contributed by atoms with Gasteiger partial charge in [-0.1, -0.05) is 0 Å². The molecule has 0 unspecified atom stereocenters. The van der Waals surface area contributed by atoms with E-state index in [1.165, 1.54) is 17.9 Å². The van der Waals surface area contributed by atoms with Crippen LogP contribution in [0.5, 0.6) is 0 Å². The van der Waals surface area contributed by atoms with Crippen molar-refractivity contribution in [2.24, 2.45) is 0 Å². The van der Waals surface area contributed by atoms with Gasteiger partial charge in [0.25, 0.3) is 0 Å². The summed E-state index contributed by atoms with van der Waals surface area (Å²) in [6, 6.07) is 3.48. The van der Waals surface area contributed by atoms with E-state index >= 15 is 0 Å². The molecule has 0 aliphatic rings. The molecule has 0 spiro atoms. The number of nitrogens with zero attached hydrogens (tertiary/aromatic N) is 1. The predicted octanol–water partition coefficient (Wildman–Crippen LogP) is 3.45. The first-order chi connectivity index (χ1) is 7.26. The lowest BCUT2D eigenvalue weighted by atomic mass is 10.3. The van der Waals surface area contributed by atoms with Crippen LogP contribution in [0.4, 0.5) is 5.69 Å². The molecule has 0 aliphatic heterocycles. The summed E-state index contributed by atoms with van der Waals surface area (Å²) in [6.07, 6.45) is 0. The Hall–Kier alpha value is 0.230. The van der Waals surface area contributed by atoms with Gasteiger partial charge >= 0.3 is 0 Å². The molecular formula is C9H4I2N2S2. The molecule has 1 aromatic rings. The van der Waals surface area contributed by atoms with Crippen LogP contribution in [0.25, 0.3) is 0 Å². The summed E-state index contributed by atoms with van der Waals surface area (Å²) in [4.78, 5) is 4.25. The lowest BCUT2D eigenvalue weighted by molar-refractivity contribution is 1.25. The van der Waals surface area contributed by atoms with E-state index in [0.29, 0.717) is 17.1 Å². The van der Waals surface area contributed by atoms with Gasteiger partial charge in [0.2, 0.25) is 0 Å². The van der Waals surface area contributed by atoms with Gasteiger partial charge in [-0.3, -0.25) is 0 Å². The minimum atomic E-state index is 0.635. The average Bonchev–Trinajstić information content (AvgIpc) is 2.23. The van der Waals surface area contributed by atoms with Crippen LogP contribution >= 0.6 is 60.3 Å². The summed E-state index contributed by atoms with van der Waals surface area (Å²) in [6.45, 7) is 0. The molecule has 0 aliphatic carbocycles. The van der Waals surface area contributed by atoms with Crippen molar-refractivity contribution < 1.29 is 0 Å². The standard InChI is InChI=1S/C9H4I2N2S2/c10-14-3-1-8-5-7(12)6-9(13-8)2-4-15-11/h5-6H,(H2,12,13). The molecule has 1 heterocycles. The molecule has 0 saturated carbocycles. The summed E-state index contributed by atoms with van der Waals surface area (Å²) < 4.78 is 0. The fourth-order valence-corrected chi connectivity index (χ4v) is 1.77. The number of pyridine rings is 1. The number of aromatic nitrogens is 1. The molecular weight excluding hydrogens is 454 g/mol. The second-order valence-corrected chi connectivity index (χ2v) is 5.64. The number of anilines is 1. The van der Waals surface area contributed by atoms with Crippen LogP contribution in [0.2, 0.25) is 0 Å². The third-order valence-electron chi connectivity index (χ3n) is 1.28. The lowest BCUT2D eigenvalue weighted by Crippen LogP contribution is -1.92. The number of halogens is 2. The van der Waals surface area contributed by atoms with Gasteiger partial charge in [-0.15, -0.1) is 0 Å². The highest BCUT2D eigenvalue weighted by molar-refractivity contribution is 14.2. The van der Waals surface area contributed by atoms with E-state index in [4.69, 9.17) is 5.73 Å². The maximum absolute atomic E-state index is 5.71. The Morgan fingerprint density at radius 1 is 1.07 bits per heavy atom. The molecule has 0 aromatic carbocycles. The molecule has 0 radical (unpaired) electrons. The van der Waals surface area contributed by atoms with Crippen molar-refractivity contribution in [3.8, 4) is 22.3 Å². The van der Waals surface area contributed by atoms with Crippen LogP contribution in [0.15, 0.2) is 12.1 Å². The highest BCUT2D eigenvalue weighted by atomic mass is 127. The van der Waals surface area contributed by atoms with Crippen molar-refractivity contribution in [1.29, 1.82) is 0 Å². The molecule has 0 saturated heterocycles. The van der Waals surface area contributed by atoms with Crippen molar-refractivity contribution in [3.63, 3.8) is 0 Å². The molecule has 0 atom stereocenters. The van der Waals surface area contributed by atoms with E-state index in [1.54, 1.807) is 12.1 Å². The monoisotopic (exact) mass is 458 g/mol. The zero-order valence-corrected chi connectivity index (χ0v) is 13.2. The van der Waals surface area contributed by atoms with Crippen LogP contribution in [-0.4, -0.2) is 4.98 Å². The van der Waals surface area contributed by atoms with Crippen LogP contribution in [0.3, 0.4) is 0 Å². The van der Waals surface area contributed by atoms with E-state index in [9.17, 15) is 0 Å². The van der Waals surface area contributed by atoms with Gasteiger partial charge in [-0.25, -0.2) is 4.98 Å². The zero-order valence-electron chi connectivity index (χ0n) is 7.25. The molecule has 2 nitrogen and oxygen atoms in total. The normalized spacial score (nSPS) is 8.40. The van der Waals surface area contributed by atoms with E-state index in [0.717, 1.165) is 0 Å². The summed E-state index contributed by atoms with van der Waals surface area (Å²) in [5.74, 6) is 5.78. The topological polar surface area (TPSA) is 38.9 Å². The Kier molecular flexibility index (Phi) is 6.64. The first kappa shape index (κ1) is 13.3. The molecule has 76 valence electrons. The van der Waals surface area contributed by atoms with E-state index in [-0.39, 0.29) is 0 Å². The highest BCUT2D eigenvalue weighted by Gasteiger charge is 1.95. The fourth-order valence-electron chi connectivity index (χ4n) is 0.823. The molecule has 1 rings (SSSR count). The number of nitrogens with two attached hydrogens (primary N) is 1. The minimum Gasteiger partial charge on any atom is -0.399 e. The second kappa shape index (κ2) is 7.49. The van der Waals surface area contributed by atoms with E-state index in [2.05, 4.69) is 69.7 Å². The van der Waals surface area contributed by atoms with Gasteiger partial charge in [0.15, 0.2) is 0 Å². The third-order valence-corrected chi connectivity index (χ3v) is 2.96. The predicted molar refractivity (Wildman–Crippen MR) is 85.6 cm³/mol. The molecule has 1 aromatic heterocycles. The third kappa shape index (κ3) is 5.20. The van der Waals surface area contributed by atoms with Crippen LogP contribution < -0.4 is 5.73 Å². The molecule has 0 amide bonds. The number of hydrogen-bond donors (Lipinski definition) is 1. The van der Waals surface area contributed by atoms with E-state index in [1.807, 2.05) is 0 Å². The van der Waals surface area contributed by atoms with Crippen molar-refractivity contribution in [2.45, 2.75) is 0 Å². The average molecular weight is 458 g/mol. The van der Waals surface area contributed by atoms with E-state index < -0.39 is 0 Å². The van der Waals surface area contributed by atoms with Crippen molar-refractivity contribution >= 4 is 66.0 Å². The first-order valence-corrected chi connectivity index (χ1v) is 10.3. The quantitative estimate of drug-likeness (QED) is 0.478. The summed E-state index contributed by atoms with van der Waals surface area (Å²) in [5.41, 5.74) is 7.65. The second-order valence-electron chi connectivity index (χ2n) is 2.28. The Balaban J connectivity index is 3.05. The number of rotatable bonds is 0. The molecule has 6 heteroatoms. The highest BCUT2D eigenvalue weighted by Crippen LogP contribution is 2.11. The fraction of sp³-hybridized carbons (Fsp3) is 0. The molecule has 15 heavy (non-hydrogen) atoms. The largest absolute Gasteiger partial charge is 0.399 e. The maximum atomic E-state index is 5.71. The van der Waals surface area contributed by atoms with Gasteiger partial charge in [-0.2, -0.15) is 0 Å². The minimum absolute atomic E-state index is 0.635. The van der Waals surface area contributed by atoms with Crippen LogP contribution in [-0.2, 0) is 0 Å². The smallest absolute Gasteiger partial charge is 0.117 e. The Labute approximate surface area is 121 Å². The number of hydrogen-bond acceptors (Lipinski definition) is 4. The number of nitrogen functional groups attached to an aromatic ring is 1. The SMILES string of the molecule is Nc1cc(C#CSI)nc(C#CSI)c1. The van der Waals surface area contributed by atoms with Crippen LogP contribution in [0.1, 0.15) is 11.4 Å². The van der Waals surface area contributed by atoms with Crippen molar-refractivity contribution in [3.05, 3.63) is 23.5 Å². The van der Waals surface area contributed by atoms with Gasteiger partial charge in [0.05, 0.1) is 0 Å². The van der Waals surface area contributed by atoms with Gasteiger partial charge in [-0.05, 0) is 52.3 Å².